The second kappa shape index (κ2) is 13.1. The monoisotopic (exact) mass is 417 g/mol. The van der Waals surface area contributed by atoms with Gasteiger partial charge in [0.25, 0.3) is 0 Å². The van der Waals surface area contributed by atoms with Crippen molar-refractivity contribution in [1.29, 1.82) is 0 Å². The minimum absolute atomic E-state index is 0.532. The summed E-state index contributed by atoms with van der Waals surface area (Å²) in [6.07, 6.45) is 2.81. The normalized spacial score (nSPS) is 11.2. The van der Waals surface area contributed by atoms with Crippen molar-refractivity contribution in [1.82, 2.24) is 15.6 Å². The molecule has 1 rings (SSSR count). The number of benzene rings is 1. The maximum Gasteiger partial charge on any atom is 0.186 e. The third-order valence-electron chi connectivity index (χ3n) is 3.76. The van der Waals surface area contributed by atoms with Crippen LogP contribution in [0.15, 0.2) is 23.3 Å². The number of alkyl halides is 2. The standard InChI is InChI=1S/C18H29Cl2N5S/c1-15-13-17(25(11-7-19)12-8-20)6-5-16(15)14-22-23-18(26)21-9-4-10-24(2)3/h5-6,13-14H,4,7-12H2,1-3H3,(H2,21,23,26)/b22-14+. The van der Waals surface area contributed by atoms with Crippen molar-refractivity contribution in [2.45, 2.75) is 13.3 Å². The van der Waals surface area contributed by atoms with E-state index in [2.05, 4.69) is 58.8 Å². The molecule has 0 aliphatic heterocycles. The number of anilines is 1. The van der Waals surface area contributed by atoms with Crippen molar-refractivity contribution in [2.75, 3.05) is 56.9 Å². The fraction of sp³-hybridized carbons (Fsp3) is 0.556. The summed E-state index contributed by atoms with van der Waals surface area (Å²) in [6.45, 7) is 5.45. The molecule has 8 heteroatoms. The predicted octanol–water partition coefficient (Wildman–Crippen LogP) is 3.03. The number of hydrogen-bond donors (Lipinski definition) is 2. The highest BCUT2D eigenvalue weighted by atomic mass is 35.5. The van der Waals surface area contributed by atoms with Gasteiger partial charge in [-0.15, -0.1) is 23.2 Å². The van der Waals surface area contributed by atoms with Crippen LogP contribution in [0, 0.1) is 6.92 Å². The molecule has 0 saturated carbocycles. The lowest BCUT2D eigenvalue weighted by atomic mass is 10.1. The van der Waals surface area contributed by atoms with Gasteiger partial charge in [-0.05, 0) is 69.5 Å². The fourth-order valence-electron chi connectivity index (χ4n) is 2.37. The van der Waals surface area contributed by atoms with E-state index in [0.717, 1.165) is 49.4 Å². The average molecular weight is 418 g/mol. The van der Waals surface area contributed by atoms with Crippen molar-refractivity contribution >= 4 is 52.4 Å². The molecule has 5 nitrogen and oxygen atoms in total. The Morgan fingerprint density at radius 2 is 1.88 bits per heavy atom. The molecule has 0 unspecified atom stereocenters. The maximum atomic E-state index is 5.88. The Labute approximate surface area is 172 Å². The van der Waals surface area contributed by atoms with E-state index in [0.29, 0.717) is 16.9 Å². The molecule has 1 aromatic carbocycles. The highest BCUT2D eigenvalue weighted by Gasteiger charge is 2.07. The molecule has 146 valence electrons. The Morgan fingerprint density at radius 1 is 1.19 bits per heavy atom. The number of rotatable bonds is 11. The summed E-state index contributed by atoms with van der Waals surface area (Å²) in [5.41, 5.74) is 6.14. The zero-order chi connectivity index (χ0) is 19.4. The largest absolute Gasteiger partial charge is 0.369 e. The topological polar surface area (TPSA) is 42.9 Å². The van der Waals surface area contributed by atoms with E-state index in [-0.39, 0.29) is 0 Å². The first kappa shape index (κ1) is 23.0. The molecule has 0 aromatic heterocycles. The third-order valence-corrected chi connectivity index (χ3v) is 4.34. The molecule has 0 aliphatic rings. The number of halogens is 2. The molecular weight excluding hydrogens is 389 g/mol. The second-order valence-corrected chi connectivity index (χ2v) is 7.35. The van der Waals surface area contributed by atoms with Crippen LogP contribution < -0.4 is 15.6 Å². The molecule has 0 fully saturated rings. The molecule has 0 amide bonds. The minimum atomic E-state index is 0.532. The third kappa shape index (κ3) is 9.03. The second-order valence-electron chi connectivity index (χ2n) is 6.19. The van der Waals surface area contributed by atoms with Crippen molar-refractivity contribution in [2.24, 2.45) is 5.10 Å². The number of hydrazone groups is 1. The highest BCUT2D eigenvalue weighted by Crippen LogP contribution is 2.18. The Hall–Kier alpha value is -1.08. The summed E-state index contributed by atoms with van der Waals surface area (Å²) >= 11 is 17.0. The van der Waals surface area contributed by atoms with Crippen LogP contribution in [0.2, 0.25) is 0 Å². The zero-order valence-corrected chi connectivity index (χ0v) is 18.1. The van der Waals surface area contributed by atoms with E-state index in [1.165, 1.54) is 0 Å². The summed E-state index contributed by atoms with van der Waals surface area (Å²) in [5.74, 6) is 1.14. The number of nitrogens with one attached hydrogen (secondary N) is 2. The molecule has 0 bridgehead atoms. The van der Waals surface area contributed by atoms with Gasteiger partial charge in [0.1, 0.15) is 0 Å². The van der Waals surface area contributed by atoms with E-state index < -0.39 is 0 Å². The van der Waals surface area contributed by atoms with Gasteiger partial charge >= 0.3 is 0 Å². The highest BCUT2D eigenvalue weighted by molar-refractivity contribution is 7.80. The summed E-state index contributed by atoms with van der Waals surface area (Å²) < 4.78 is 0. The van der Waals surface area contributed by atoms with Crippen LogP contribution in [-0.2, 0) is 0 Å². The van der Waals surface area contributed by atoms with Gasteiger partial charge < -0.3 is 15.1 Å². The van der Waals surface area contributed by atoms with Gasteiger partial charge in [0, 0.05) is 37.1 Å². The average Bonchev–Trinajstić information content (AvgIpc) is 2.60. The van der Waals surface area contributed by atoms with Crippen LogP contribution in [0.25, 0.3) is 0 Å². The Morgan fingerprint density at radius 3 is 2.46 bits per heavy atom. The van der Waals surface area contributed by atoms with Crippen molar-refractivity contribution < 1.29 is 0 Å². The lowest BCUT2D eigenvalue weighted by Gasteiger charge is -2.23. The van der Waals surface area contributed by atoms with Gasteiger partial charge in [-0.3, -0.25) is 5.43 Å². The zero-order valence-electron chi connectivity index (χ0n) is 15.8. The van der Waals surface area contributed by atoms with Gasteiger partial charge in [-0.1, -0.05) is 6.07 Å². The molecule has 2 N–H and O–H groups in total. The maximum absolute atomic E-state index is 5.88. The molecule has 0 radical (unpaired) electrons. The fourth-order valence-corrected chi connectivity index (χ4v) is 2.94. The molecule has 0 aliphatic carbocycles. The van der Waals surface area contributed by atoms with Crippen molar-refractivity contribution in [3.8, 4) is 0 Å². The van der Waals surface area contributed by atoms with Gasteiger partial charge in [0.15, 0.2) is 5.11 Å². The summed E-state index contributed by atoms with van der Waals surface area (Å²) in [6, 6.07) is 6.22. The lowest BCUT2D eigenvalue weighted by molar-refractivity contribution is 0.400. The van der Waals surface area contributed by atoms with E-state index in [9.17, 15) is 0 Å². The first-order valence-corrected chi connectivity index (χ1v) is 10.1. The van der Waals surface area contributed by atoms with Crippen LogP contribution in [0.4, 0.5) is 5.69 Å². The summed E-state index contributed by atoms with van der Waals surface area (Å²) in [7, 11) is 4.11. The van der Waals surface area contributed by atoms with E-state index >= 15 is 0 Å². The number of thiocarbonyl (C=S) groups is 1. The smallest absolute Gasteiger partial charge is 0.186 e. The summed E-state index contributed by atoms with van der Waals surface area (Å²) in [4.78, 5) is 4.32. The molecule has 0 spiro atoms. The number of nitrogens with zero attached hydrogens (tertiary/aromatic N) is 3. The van der Waals surface area contributed by atoms with Crippen molar-refractivity contribution in [3.05, 3.63) is 29.3 Å². The number of hydrogen-bond acceptors (Lipinski definition) is 4. The van der Waals surface area contributed by atoms with E-state index in [1.807, 2.05) is 6.07 Å². The van der Waals surface area contributed by atoms with Crippen molar-refractivity contribution in [3.63, 3.8) is 0 Å². The molecule has 1 aromatic rings. The molecule has 0 heterocycles. The molecule has 0 saturated heterocycles. The molecular formula is C18H29Cl2N5S. The lowest BCUT2D eigenvalue weighted by Crippen LogP contribution is -2.33. The first-order chi connectivity index (χ1) is 12.5. The SMILES string of the molecule is Cc1cc(N(CCCl)CCCl)ccc1/C=N/NC(=S)NCCCN(C)C. The Kier molecular flexibility index (Phi) is 11.6. The van der Waals surface area contributed by atoms with Crippen LogP contribution in [0.5, 0.6) is 0 Å². The predicted molar refractivity (Wildman–Crippen MR) is 119 cm³/mol. The Balaban J connectivity index is 2.54. The summed E-state index contributed by atoms with van der Waals surface area (Å²) in [5, 5.41) is 7.89. The Bertz CT molecular complexity index is 575. The van der Waals surface area contributed by atoms with Gasteiger partial charge in [-0.2, -0.15) is 5.10 Å². The quantitative estimate of drug-likeness (QED) is 0.190. The van der Waals surface area contributed by atoms with Crippen LogP contribution in [0.1, 0.15) is 17.5 Å². The van der Waals surface area contributed by atoms with Gasteiger partial charge in [0.05, 0.1) is 6.21 Å². The molecule has 26 heavy (non-hydrogen) atoms. The van der Waals surface area contributed by atoms with Crippen LogP contribution >= 0.6 is 35.4 Å². The van der Waals surface area contributed by atoms with E-state index in [1.54, 1.807) is 6.21 Å². The van der Waals surface area contributed by atoms with Crippen LogP contribution in [0.3, 0.4) is 0 Å². The minimum Gasteiger partial charge on any atom is -0.369 e. The van der Waals surface area contributed by atoms with Gasteiger partial charge in [0.2, 0.25) is 0 Å². The van der Waals surface area contributed by atoms with E-state index in [4.69, 9.17) is 35.4 Å². The van der Waals surface area contributed by atoms with Gasteiger partial charge in [-0.25, -0.2) is 0 Å². The first-order valence-electron chi connectivity index (χ1n) is 8.67. The number of aryl methyl sites for hydroxylation is 1. The molecule has 0 atom stereocenters. The van der Waals surface area contributed by atoms with Crippen LogP contribution in [-0.4, -0.2) is 68.3 Å².